The van der Waals surface area contributed by atoms with Crippen molar-refractivity contribution in [3.63, 3.8) is 0 Å². The summed E-state index contributed by atoms with van der Waals surface area (Å²) in [5.74, 6) is -1.06. The molecular weight excluding hydrogens is 541 g/mol. The van der Waals surface area contributed by atoms with Crippen molar-refractivity contribution in [1.29, 1.82) is 0 Å². The molecule has 0 saturated carbocycles. The molecule has 0 spiro atoms. The van der Waals surface area contributed by atoms with Gasteiger partial charge in [-0.25, -0.2) is 14.5 Å². The summed E-state index contributed by atoms with van der Waals surface area (Å²) >= 11 is 2.04. The Morgan fingerprint density at radius 2 is 1.97 bits per heavy atom. The molecule has 1 heterocycles. The summed E-state index contributed by atoms with van der Waals surface area (Å²) in [6.07, 6.45) is 1.51. The number of anilines is 1. The van der Waals surface area contributed by atoms with Crippen molar-refractivity contribution in [2.75, 3.05) is 25.1 Å². The lowest BCUT2D eigenvalue weighted by Gasteiger charge is -2.12. The van der Waals surface area contributed by atoms with Crippen LogP contribution in [0.15, 0.2) is 48.2 Å². The maximum atomic E-state index is 12.7. The van der Waals surface area contributed by atoms with Gasteiger partial charge in [0.2, 0.25) is 5.91 Å². The number of nitrogens with one attached hydrogen (secondary N) is 2. The molecule has 2 aromatic carbocycles. The molecule has 33 heavy (non-hydrogen) atoms. The average Bonchev–Trinajstić information content (AvgIpc) is 3.00. The number of amides is 4. The molecule has 9 nitrogen and oxygen atoms in total. The Kier molecular flexibility index (Phi) is 8.04. The number of esters is 1. The number of hydrogen-bond donors (Lipinski definition) is 2. The molecule has 3 rings (SSSR count). The van der Waals surface area contributed by atoms with Gasteiger partial charge >= 0.3 is 12.0 Å². The van der Waals surface area contributed by atoms with Gasteiger partial charge in [-0.05, 0) is 77.9 Å². The van der Waals surface area contributed by atoms with Gasteiger partial charge in [0.1, 0.15) is 18.0 Å². The normalized spacial score (nSPS) is 14.3. The van der Waals surface area contributed by atoms with Crippen LogP contribution in [0.2, 0.25) is 0 Å². The monoisotopic (exact) mass is 563 g/mol. The lowest BCUT2D eigenvalue weighted by Crippen LogP contribution is -2.38. The molecule has 1 aliphatic rings. The van der Waals surface area contributed by atoms with Crippen molar-refractivity contribution in [2.45, 2.75) is 13.8 Å². The van der Waals surface area contributed by atoms with Gasteiger partial charge in [0.15, 0.2) is 6.61 Å². The van der Waals surface area contributed by atoms with Crippen molar-refractivity contribution >= 4 is 58.2 Å². The second kappa shape index (κ2) is 10.9. The van der Waals surface area contributed by atoms with E-state index in [-0.39, 0.29) is 18.9 Å². The Labute approximate surface area is 204 Å². The number of urea groups is 1. The number of imide groups is 1. The fourth-order valence-electron chi connectivity index (χ4n) is 3.01. The molecule has 0 aromatic heterocycles. The van der Waals surface area contributed by atoms with Crippen LogP contribution in [0.3, 0.4) is 0 Å². The van der Waals surface area contributed by atoms with E-state index in [1.807, 2.05) is 35.6 Å². The molecule has 1 fully saturated rings. The second-order valence-electron chi connectivity index (χ2n) is 7.08. The van der Waals surface area contributed by atoms with Gasteiger partial charge < -0.3 is 20.1 Å². The van der Waals surface area contributed by atoms with Gasteiger partial charge in [-0.1, -0.05) is 18.2 Å². The van der Waals surface area contributed by atoms with E-state index in [0.717, 1.165) is 10.5 Å². The largest absolute Gasteiger partial charge is 0.481 e. The zero-order chi connectivity index (χ0) is 24.0. The number of carbonyl (C=O) groups excluding carboxylic acids is 4. The topological polar surface area (TPSA) is 114 Å². The molecule has 0 atom stereocenters. The third-order valence-corrected chi connectivity index (χ3v) is 5.33. The number of hydrogen-bond acceptors (Lipinski definition) is 6. The summed E-state index contributed by atoms with van der Waals surface area (Å²) in [6.45, 7) is 3.26. The van der Waals surface area contributed by atoms with Gasteiger partial charge in [0, 0.05) is 5.69 Å². The highest BCUT2D eigenvalue weighted by atomic mass is 127. The summed E-state index contributed by atoms with van der Waals surface area (Å²) < 4.78 is 11.0. The predicted octanol–water partition coefficient (Wildman–Crippen LogP) is 3.07. The first-order valence-corrected chi connectivity index (χ1v) is 11.1. The highest BCUT2D eigenvalue weighted by molar-refractivity contribution is 14.1. The molecule has 2 aromatic rings. The maximum absolute atomic E-state index is 12.7. The molecule has 0 aliphatic carbocycles. The number of halogens is 1. The predicted molar refractivity (Wildman–Crippen MR) is 129 cm³/mol. The molecule has 10 heteroatoms. The van der Waals surface area contributed by atoms with Gasteiger partial charge in [-0.15, -0.1) is 0 Å². The molecule has 172 valence electrons. The van der Waals surface area contributed by atoms with Crippen LogP contribution in [0, 0.1) is 10.5 Å². The van der Waals surface area contributed by atoms with Crippen molar-refractivity contribution < 1.29 is 28.7 Å². The molecule has 2 N–H and O–H groups in total. The van der Waals surface area contributed by atoms with E-state index in [1.165, 1.54) is 6.08 Å². The van der Waals surface area contributed by atoms with Crippen LogP contribution >= 0.6 is 22.6 Å². The molecule has 1 aliphatic heterocycles. The van der Waals surface area contributed by atoms with Crippen LogP contribution < -0.4 is 15.4 Å². The number of benzene rings is 2. The van der Waals surface area contributed by atoms with Crippen LogP contribution in [0.1, 0.15) is 18.1 Å². The fraction of sp³-hybridized carbons (Fsp3) is 0.217. The minimum atomic E-state index is -0.672. The third-order valence-electron chi connectivity index (χ3n) is 4.48. The van der Waals surface area contributed by atoms with Crippen molar-refractivity contribution in [2.24, 2.45) is 0 Å². The van der Waals surface area contributed by atoms with Crippen LogP contribution in [0.25, 0.3) is 6.08 Å². The molecule has 1 saturated heterocycles. The summed E-state index contributed by atoms with van der Waals surface area (Å²) in [7, 11) is 0. The number of carbonyl (C=O) groups is 4. The Hall–Kier alpha value is -3.41. The second-order valence-corrected chi connectivity index (χ2v) is 8.24. The standard InChI is InChI=1S/C23H22IN3O6/c1-3-32-21(29)13-33-19-8-7-15(10-17(19)24)11-18-22(30)27(23(31)26-18)12-20(28)25-16-6-4-5-14(2)9-16/h4-11H,3,12-13H2,1-2H3,(H,25,28)(H,26,31)/b18-11+. The summed E-state index contributed by atoms with van der Waals surface area (Å²) in [4.78, 5) is 49.5. The van der Waals surface area contributed by atoms with Gasteiger partial charge in [0.25, 0.3) is 5.91 Å². The minimum Gasteiger partial charge on any atom is -0.481 e. The minimum absolute atomic E-state index is 0.0550. The number of aryl methyl sites for hydroxylation is 1. The first-order chi connectivity index (χ1) is 15.8. The molecule has 0 unspecified atom stereocenters. The fourth-order valence-corrected chi connectivity index (χ4v) is 3.71. The highest BCUT2D eigenvalue weighted by Gasteiger charge is 2.34. The van der Waals surface area contributed by atoms with E-state index >= 15 is 0 Å². The van der Waals surface area contributed by atoms with E-state index in [9.17, 15) is 19.2 Å². The lowest BCUT2D eigenvalue weighted by atomic mass is 10.2. The number of ether oxygens (including phenoxy) is 2. The number of nitrogens with zero attached hydrogens (tertiary/aromatic N) is 1. The van der Waals surface area contributed by atoms with Crippen LogP contribution in [0.5, 0.6) is 5.75 Å². The summed E-state index contributed by atoms with van der Waals surface area (Å²) in [5, 5.41) is 5.17. The van der Waals surface area contributed by atoms with E-state index in [4.69, 9.17) is 9.47 Å². The highest BCUT2D eigenvalue weighted by Crippen LogP contribution is 2.24. The zero-order valence-electron chi connectivity index (χ0n) is 18.0. The Balaban J connectivity index is 1.64. The van der Waals surface area contributed by atoms with Crippen molar-refractivity contribution in [1.82, 2.24) is 10.2 Å². The van der Waals surface area contributed by atoms with Crippen molar-refractivity contribution in [3.8, 4) is 5.75 Å². The summed E-state index contributed by atoms with van der Waals surface area (Å²) in [6, 6.07) is 11.6. The van der Waals surface area contributed by atoms with Gasteiger partial charge in [0.05, 0.1) is 10.2 Å². The third kappa shape index (κ3) is 6.54. The van der Waals surface area contributed by atoms with Crippen LogP contribution in [-0.4, -0.2) is 48.5 Å². The van der Waals surface area contributed by atoms with E-state index in [1.54, 1.807) is 43.3 Å². The van der Waals surface area contributed by atoms with Gasteiger partial charge in [-0.3, -0.25) is 9.59 Å². The Morgan fingerprint density at radius 1 is 1.18 bits per heavy atom. The quantitative estimate of drug-likeness (QED) is 0.221. The Morgan fingerprint density at radius 3 is 2.67 bits per heavy atom. The average molecular weight is 563 g/mol. The molecular formula is C23H22IN3O6. The van der Waals surface area contributed by atoms with Crippen LogP contribution in [0.4, 0.5) is 10.5 Å². The summed E-state index contributed by atoms with van der Waals surface area (Å²) in [5.41, 5.74) is 2.25. The SMILES string of the molecule is CCOC(=O)COc1ccc(/C=C2/NC(=O)N(CC(=O)Nc3cccc(C)c3)C2=O)cc1I. The van der Waals surface area contributed by atoms with E-state index < -0.39 is 30.4 Å². The zero-order valence-corrected chi connectivity index (χ0v) is 20.2. The maximum Gasteiger partial charge on any atom is 0.344 e. The van der Waals surface area contributed by atoms with E-state index in [2.05, 4.69) is 10.6 Å². The first-order valence-electron chi connectivity index (χ1n) is 10.1. The van der Waals surface area contributed by atoms with Crippen molar-refractivity contribution in [3.05, 3.63) is 62.9 Å². The molecule has 4 amide bonds. The van der Waals surface area contributed by atoms with Crippen LogP contribution in [-0.2, 0) is 19.1 Å². The lowest BCUT2D eigenvalue weighted by molar-refractivity contribution is -0.145. The smallest absolute Gasteiger partial charge is 0.344 e. The van der Waals surface area contributed by atoms with Gasteiger partial charge in [-0.2, -0.15) is 0 Å². The van der Waals surface area contributed by atoms with E-state index in [0.29, 0.717) is 20.6 Å². The molecule has 0 bridgehead atoms. The molecule has 0 radical (unpaired) electrons. The Bertz CT molecular complexity index is 1130. The first kappa shape index (κ1) is 24.2. The number of rotatable bonds is 8.